The number of carbonyl (C=O) groups excluding carboxylic acids is 2. The molecule has 3 heterocycles. The van der Waals surface area contributed by atoms with Gasteiger partial charge in [0.25, 0.3) is 5.91 Å². The van der Waals surface area contributed by atoms with Crippen molar-refractivity contribution < 1.29 is 9.59 Å². The van der Waals surface area contributed by atoms with Crippen LogP contribution in [-0.4, -0.2) is 52.3 Å². The lowest BCUT2D eigenvalue weighted by Crippen LogP contribution is -2.19. The molecule has 12 heteroatoms. The first-order valence-corrected chi connectivity index (χ1v) is 10.1. The minimum absolute atomic E-state index is 0.00373. The van der Waals surface area contributed by atoms with Gasteiger partial charge in [-0.2, -0.15) is 0 Å². The van der Waals surface area contributed by atoms with Gasteiger partial charge >= 0.3 is 0 Å². The van der Waals surface area contributed by atoms with Gasteiger partial charge in [0, 0.05) is 25.0 Å². The number of carbonyl (C=O) groups is 2. The Bertz CT molecular complexity index is 1220. The molecule has 3 aromatic heterocycles. The Labute approximate surface area is 180 Å². The first-order valence-electron chi connectivity index (χ1n) is 9.08. The second-order valence-corrected chi connectivity index (χ2v) is 7.27. The Kier molecular flexibility index (Phi) is 5.71. The van der Waals surface area contributed by atoms with Crippen LogP contribution in [0.1, 0.15) is 10.5 Å². The summed E-state index contributed by atoms with van der Waals surface area (Å²) in [5.41, 5.74) is 6.71. The van der Waals surface area contributed by atoms with Gasteiger partial charge in [0.05, 0.1) is 11.4 Å². The van der Waals surface area contributed by atoms with E-state index in [1.54, 1.807) is 48.3 Å². The standard InChI is InChI=1S/C19H17N9O2S/c1-27-18(12-6-5-9-21-10-12)23-24-19(27)31-11-14(29)22-17-15(16(20)30)25-28(26-17)13-7-3-2-4-8-13/h2-10H,11H2,1H3,(H2,20,30)(H,22,26,29). The van der Waals surface area contributed by atoms with Crippen molar-refractivity contribution in [3.05, 3.63) is 60.6 Å². The van der Waals surface area contributed by atoms with Crippen molar-refractivity contribution >= 4 is 29.4 Å². The number of nitrogens with one attached hydrogen (secondary N) is 1. The summed E-state index contributed by atoms with van der Waals surface area (Å²) in [4.78, 5) is 29.5. The Balaban J connectivity index is 1.46. The number of anilines is 1. The molecular formula is C19H17N9O2S. The highest BCUT2D eigenvalue weighted by Crippen LogP contribution is 2.22. The lowest BCUT2D eigenvalue weighted by molar-refractivity contribution is -0.113. The molecule has 0 unspecified atom stereocenters. The number of nitrogens with two attached hydrogens (primary N) is 1. The lowest BCUT2D eigenvalue weighted by Gasteiger charge is -2.04. The van der Waals surface area contributed by atoms with Crippen LogP contribution in [0.2, 0.25) is 0 Å². The maximum Gasteiger partial charge on any atom is 0.273 e. The maximum atomic E-state index is 12.5. The van der Waals surface area contributed by atoms with Gasteiger partial charge in [-0.3, -0.25) is 14.6 Å². The van der Waals surface area contributed by atoms with Crippen LogP contribution in [0.25, 0.3) is 17.1 Å². The van der Waals surface area contributed by atoms with Crippen molar-refractivity contribution in [3.63, 3.8) is 0 Å². The minimum Gasteiger partial charge on any atom is -0.364 e. The molecule has 0 spiro atoms. The SMILES string of the molecule is Cn1c(SCC(=O)Nc2nn(-c3ccccc3)nc2C(N)=O)nnc1-c1cccnc1. The van der Waals surface area contributed by atoms with Gasteiger partial charge in [-0.1, -0.05) is 30.0 Å². The van der Waals surface area contributed by atoms with Crippen molar-refractivity contribution in [1.82, 2.24) is 34.7 Å². The summed E-state index contributed by atoms with van der Waals surface area (Å²) in [5.74, 6) is -0.526. The summed E-state index contributed by atoms with van der Waals surface area (Å²) < 4.78 is 1.77. The van der Waals surface area contributed by atoms with Crippen molar-refractivity contribution in [3.8, 4) is 17.1 Å². The highest BCUT2D eigenvalue weighted by Gasteiger charge is 2.20. The predicted molar refractivity (Wildman–Crippen MR) is 113 cm³/mol. The topological polar surface area (TPSA) is 146 Å². The number of primary amides is 1. The van der Waals surface area contributed by atoms with E-state index in [4.69, 9.17) is 5.73 Å². The number of amides is 2. The van der Waals surface area contributed by atoms with Gasteiger partial charge in [0.2, 0.25) is 5.91 Å². The molecule has 0 saturated heterocycles. The van der Waals surface area contributed by atoms with Crippen molar-refractivity contribution in [1.29, 1.82) is 0 Å². The summed E-state index contributed by atoms with van der Waals surface area (Å²) in [7, 11) is 1.80. The van der Waals surface area contributed by atoms with Crippen LogP contribution in [0.15, 0.2) is 60.0 Å². The fourth-order valence-corrected chi connectivity index (χ4v) is 3.43. The Hall–Kier alpha value is -4.06. The van der Waals surface area contributed by atoms with E-state index in [1.807, 2.05) is 18.2 Å². The Morgan fingerprint density at radius 3 is 2.61 bits per heavy atom. The number of benzene rings is 1. The summed E-state index contributed by atoms with van der Waals surface area (Å²) in [6, 6.07) is 12.7. The van der Waals surface area contributed by atoms with Gasteiger partial charge in [0.15, 0.2) is 22.5 Å². The lowest BCUT2D eigenvalue weighted by atomic mass is 10.3. The number of thioether (sulfide) groups is 1. The van der Waals surface area contributed by atoms with E-state index in [2.05, 4.69) is 30.7 Å². The molecular weight excluding hydrogens is 418 g/mol. The Morgan fingerprint density at radius 1 is 1.10 bits per heavy atom. The van der Waals surface area contributed by atoms with Gasteiger partial charge in [-0.05, 0) is 24.3 Å². The monoisotopic (exact) mass is 435 g/mol. The van der Waals surface area contributed by atoms with Crippen LogP contribution in [0.3, 0.4) is 0 Å². The number of para-hydroxylation sites is 1. The summed E-state index contributed by atoms with van der Waals surface area (Å²) >= 11 is 1.19. The zero-order valence-corrected chi connectivity index (χ0v) is 17.2. The molecule has 31 heavy (non-hydrogen) atoms. The largest absolute Gasteiger partial charge is 0.364 e. The molecule has 1 aromatic carbocycles. The number of hydrogen-bond acceptors (Lipinski definition) is 8. The number of rotatable bonds is 7. The van der Waals surface area contributed by atoms with Crippen molar-refractivity contribution in [2.75, 3.05) is 11.1 Å². The third-order valence-electron chi connectivity index (χ3n) is 4.18. The molecule has 3 N–H and O–H groups in total. The fraction of sp³-hybridized carbons (Fsp3) is 0.105. The molecule has 2 amide bonds. The summed E-state index contributed by atoms with van der Waals surface area (Å²) in [5, 5.41) is 19.7. The molecule has 0 radical (unpaired) electrons. The second-order valence-electron chi connectivity index (χ2n) is 6.33. The van der Waals surface area contributed by atoms with E-state index >= 15 is 0 Å². The smallest absolute Gasteiger partial charge is 0.273 e. The number of nitrogens with zero attached hydrogens (tertiary/aromatic N) is 7. The summed E-state index contributed by atoms with van der Waals surface area (Å²) in [6.45, 7) is 0. The average Bonchev–Trinajstić information content (AvgIpc) is 3.37. The van der Waals surface area contributed by atoms with E-state index < -0.39 is 11.8 Å². The highest BCUT2D eigenvalue weighted by atomic mass is 32.2. The molecule has 4 aromatic rings. The van der Waals surface area contributed by atoms with Crippen LogP contribution in [0, 0.1) is 0 Å². The average molecular weight is 435 g/mol. The fourth-order valence-electron chi connectivity index (χ4n) is 2.72. The summed E-state index contributed by atoms with van der Waals surface area (Å²) in [6.07, 6.45) is 3.36. The van der Waals surface area contributed by atoms with E-state index in [-0.39, 0.29) is 17.3 Å². The zero-order valence-electron chi connectivity index (χ0n) is 16.3. The molecule has 0 saturated carbocycles. The number of aromatic nitrogens is 7. The number of hydrogen-bond donors (Lipinski definition) is 2. The second kappa shape index (κ2) is 8.75. The molecule has 4 rings (SSSR count). The number of pyridine rings is 1. The van der Waals surface area contributed by atoms with Crippen molar-refractivity contribution in [2.24, 2.45) is 12.8 Å². The minimum atomic E-state index is -0.792. The highest BCUT2D eigenvalue weighted by molar-refractivity contribution is 7.99. The molecule has 0 aliphatic carbocycles. The third kappa shape index (κ3) is 4.43. The third-order valence-corrected chi connectivity index (χ3v) is 5.20. The van der Waals surface area contributed by atoms with Crippen LogP contribution in [0.5, 0.6) is 0 Å². The van der Waals surface area contributed by atoms with E-state index in [9.17, 15) is 9.59 Å². The Morgan fingerprint density at radius 2 is 1.90 bits per heavy atom. The zero-order chi connectivity index (χ0) is 21.8. The van der Waals surface area contributed by atoms with Gasteiger partial charge in [-0.25, -0.2) is 0 Å². The van der Waals surface area contributed by atoms with Gasteiger partial charge < -0.3 is 15.6 Å². The first-order chi connectivity index (χ1) is 15.0. The van der Waals surface area contributed by atoms with Crippen LogP contribution < -0.4 is 11.1 Å². The van der Waals surface area contributed by atoms with E-state index in [0.29, 0.717) is 16.7 Å². The normalized spacial score (nSPS) is 10.7. The molecule has 0 aliphatic heterocycles. The maximum absolute atomic E-state index is 12.5. The molecule has 0 atom stereocenters. The quantitative estimate of drug-likeness (QED) is 0.413. The van der Waals surface area contributed by atoms with Crippen LogP contribution in [-0.2, 0) is 11.8 Å². The van der Waals surface area contributed by atoms with E-state index in [1.165, 1.54) is 16.6 Å². The molecule has 0 bridgehead atoms. The van der Waals surface area contributed by atoms with Crippen molar-refractivity contribution in [2.45, 2.75) is 5.16 Å². The van der Waals surface area contributed by atoms with Crippen LogP contribution in [0.4, 0.5) is 5.82 Å². The van der Waals surface area contributed by atoms with Crippen LogP contribution >= 0.6 is 11.8 Å². The first kappa shape index (κ1) is 20.2. The molecule has 0 fully saturated rings. The molecule has 11 nitrogen and oxygen atoms in total. The van der Waals surface area contributed by atoms with Gasteiger partial charge in [0.1, 0.15) is 0 Å². The van der Waals surface area contributed by atoms with Gasteiger partial charge in [-0.15, -0.1) is 25.2 Å². The molecule has 156 valence electrons. The molecule has 0 aliphatic rings. The van der Waals surface area contributed by atoms with E-state index in [0.717, 1.165) is 5.56 Å². The predicted octanol–water partition coefficient (Wildman–Crippen LogP) is 1.29.